The molecule has 0 aromatic rings. The topological polar surface area (TPSA) is 56.4 Å². The Kier molecular flexibility index (Phi) is 5.26. The third-order valence-electron chi connectivity index (χ3n) is 4.09. The van der Waals surface area contributed by atoms with Crippen molar-refractivity contribution in [3.8, 4) is 0 Å². The summed E-state index contributed by atoms with van der Waals surface area (Å²) in [4.78, 5) is 14.2. The number of likely N-dealkylation sites (N-methyl/N-ethyl adjacent to an activating group) is 1. The number of hydrogen-bond acceptors (Lipinski definition) is 3. The van der Waals surface area contributed by atoms with Crippen LogP contribution >= 0.6 is 0 Å². The second-order valence-electron chi connectivity index (χ2n) is 5.51. The van der Waals surface area contributed by atoms with Gasteiger partial charge in [0.2, 0.25) is 0 Å². The molecule has 2 amide bonds. The quantitative estimate of drug-likeness (QED) is 0.688. The predicted octanol–water partition coefficient (Wildman–Crippen LogP) is 0.522. The highest BCUT2D eigenvalue weighted by molar-refractivity contribution is 5.74. The molecule has 1 atom stereocenters. The first kappa shape index (κ1) is 13.6. The van der Waals surface area contributed by atoms with Crippen molar-refractivity contribution in [2.24, 2.45) is 0 Å². The molecular weight excluding hydrogens is 228 g/mol. The van der Waals surface area contributed by atoms with Gasteiger partial charge in [0.25, 0.3) is 0 Å². The Labute approximate surface area is 110 Å². The van der Waals surface area contributed by atoms with Gasteiger partial charge in [0, 0.05) is 18.6 Å². The van der Waals surface area contributed by atoms with E-state index in [0.717, 1.165) is 39.0 Å². The molecule has 0 saturated carbocycles. The van der Waals surface area contributed by atoms with E-state index in [4.69, 9.17) is 0 Å². The number of carbonyl (C=O) groups excluding carboxylic acids is 1. The molecular formula is C13H26N4O. The van der Waals surface area contributed by atoms with E-state index in [0.29, 0.717) is 12.1 Å². The number of carbonyl (C=O) groups is 1. The Morgan fingerprint density at radius 1 is 1.28 bits per heavy atom. The number of urea groups is 1. The van der Waals surface area contributed by atoms with Crippen molar-refractivity contribution in [3.63, 3.8) is 0 Å². The molecule has 2 aliphatic rings. The van der Waals surface area contributed by atoms with Crippen LogP contribution in [0.25, 0.3) is 0 Å². The molecule has 3 N–H and O–H groups in total. The fourth-order valence-corrected chi connectivity index (χ4v) is 2.82. The molecule has 2 heterocycles. The number of hydrogen-bond donors (Lipinski definition) is 3. The standard InChI is InChI=1S/C13H26N4O/c1-17-9-3-2-4-12(17)10-15-13(18)16-11-5-7-14-8-6-11/h11-12,14H,2-10H2,1H3,(H2,15,16,18). The van der Waals surface area contributed by atoms with Crippen molar-refractivity contribution >= 4 is 6.03 Å². The monoisotopic (exact) mass is 254 g/mol. The molecule has 2 saturated heterocycles. The third kappa shape index (κ3) is 4.14. The second-order valence-corrected chi connectivity index (χ2v) is 5.51. The van der Waals surface area contributed by atoms with Crippen LogP contribution in [0.3, 0.4) is 0 Å². The van der Waals surface area contributed by atoms with Gasteiger partial charge in [-0.1, -0.05) is 6.42 Å². The Morgan fingerprint density at radius 3 is 2.78 bits per heavy atom. The molecule has 2 fully saturated rings. The maximum absolute atomic E-state index is 11.8. The summed E-state index contributed by atoms with van der Waals surface area (Å²) in [5, 5.41) is 9.38. The zero-order valence-corrected chi connectivity index (χ0v) is 11.4. The van der Waals surface area contributed by atoms with Crippen molar-refractivity contribution in [1.29, 1.82) is 0 Å². The van der Waals surface area contributed by atoms with Crippen LogP contribution in [0.15, 0.2) is 0 Å². The fraction of sp³-hybridized carbons (Fsp3) is 0.923. The molecule has 18 heavy (non-hydrogen) atoms. The van der Waals surface area contributed by atoms with Gasteiger partial charge >= 0.3 is 6.03 Å². The Hall–Kier alpha value is -0.810. The minimum Gasteiger partial charge on any atom is -0.337 e. The molecule has 2 rings (SSSR count). The summed E-state index contributed by atoms with van der Waals surface area (Å²) in [7, 11) is 2.15. The molecule has 0 aromatic heterocycles. The van der Waals surface area contributed by atoms with Gasteiger partial charge in [0.1, 0.15) is 0 Å². The van der Waals surface area contributed by atoms with E-state index < -0.39 is 0 Å². The lowest BCUT2D eigenvalue weighted by molar-refractivity contribution is 0.179. The summed E-state index contributed by atoms with van der Waals surface area (Å²) in [6, 6.07) is 0.855. The summed E-state index contributed by atoms with van der Waals surface area (Å²) >= 11 is 0. The molecule has 0 aliphatic carbocycles. The van der Waals surface area contributed by atoms with E-state index in [9.17, 15) is 4.79 Å². The fourth-order valence-electron chi connectivity index (χ4n) is 2.82. The summed E-state index contributed by atoms with van der Waals surface area (Å²) in [6.07, 6.45) is 5.85. The lowest BCUT2D eigenvalue weighted by atomic mass is 10.0. The molecule has 104 valence electrons. The lowest BCUT2D eigenvalue weighted by Gasteiger charge is -2.32. The van der Waals surface area contributed by atoms with Gasteiger partial charge in [-0.25, -0.2) is 4.79 Å². The molecule has 2 aliphatic heterocycles. The average molecular weight is 254 g/mol. The predicted molar refractivity (Wildman–Crippen MR) is 72.7 cm³/mol. The van der Waals surface area contributed by atoms with E-state index in [2.05, 4.69) is 27.9 Å². The van der Waals surface area contributed by atoms with Crippen LogP contribution in [0.1, 0.15) is 32.1 Å². The van der Waals surface area contributed by atoms with Crippen LogP contribution in [0.5, 0.6) is 0 Å². The molecule has 1 unspecified atom stereocenters. The minimum atomic E-state index is 0.000809. The number of nitrogens with zero attached hydrogens (tertiary/aromatic N) is 1. The van der Waals surface area contributed by atoms with Crippen molar-refractivity contribution in [3.05, 3.63) is 0 Å². The summed E-state index contributed by atoms with van der Waals surface area (Å²) in [6.45, 7) is 3.95. The molecule has 0 bridgehead atoms. The highest BCUT2D eigenvalue weighted by atomic mass is 16.2. The number of amides is 2. The number of piperidine rings is 2. The van der Waals surface area contributed by atoms with Crippen molar-refractivity contribution in [1.82, 2.24) is 20.9 Å². The number of rotatable bonds is 3. The van der Waals surface area contributed by atoms with Crippen LogP contribution in [0.2, 0.25) is 0 Å². The van der Waals surface area contributed by atoms with Gasteiger partial charge in [-0.3, -0.25) is 0 Å². The van der Waals surface area contributed by atoms with Crippen LogP contribution < -0.4 is 16.0 Å². The maximum Gasteiger partial charge on any atom is 0.315 e. The van der Waals surface area contributed by atoms with Crippen LogP contribution in [0, 0.1) is 0 Å². The first-order chi connectivity index (χ1) is 8.75. The van der Waals surface area contributed by atoms with E-state index in [-0.39, 0.29) is 6.03 Å². The summed E-state index contributed by atoms with van der Waals surface area (Å²) < 4.78 is 0. The largest absolute Gasteiger partial charge is 0.337 e. The molecule has 5 heteroatoms. The first-order valence-electron chi connectivity index (χ1n) is 7.21. The van der Waals surface area contributed by atoms with Crippen molar-refractivity contribution in [2.45, 2.75) is 44.2 Å². The smallest absolute Gasteiger partial charge is 0.315 e. The van der Waals surface area contributed by atoms with Crippen molar-refractivity contribution < 1.29 is 4.79 Å². The van der Waals surface area contributed by atoms with Gasteiger partial charge in [-0.2, -0.15) is 0 Å². The van der Waals surface area contributed by atoms with Gasteiger partial charge in [0.15, 0.2) is 0 Å². The van der Waals surface area contributed by atoms with Gasteiger partial charge in [-0.15, -0.1) is 0 Å². The Bertz CT molecular complexity index is 266. The summed E-state index contributed by atoms with van der Waals surface area (Å²) in [5.74, 6) is 0. The van der Waals surface area contributed by atoms with Gasteiger partial charge in [-0.05, 0) is 52.4 Å². The molecule has 0 radical (unpaired) electrons. The minimum absolute atomic E-state index is 0.000809. The normalized spacial score (nSPS) is 26.8. The average Bonchev–Trinajstić information content (AvgIpc) is 2.39. The van der Waals surface area contributed by atoms with E-state index in [1.165, 1.54) is 19.3 Å². The Morgan fingerprint density at radius 2 is 2.06 bits per heavy atom. The SMILES string of the molecule is CN1CCCCC1CNC(=O)NC1CCNCC1. The zero-order chi connectivity index (χ0) is 12.8. The third-order valence-corrected chi connectivity index (χ3v) is 4.09. The number of nitrogens with one attached hydrogen (secondary N) is 3. The lowest BCUT2D eigenvalue weighted by Crippen LogP contribution is -2.50. The van der Waals surface area contributed by atoms with Crippen LogP contribution in [-0.4, -0.2) is 56.2 Å². The van der Waals surface area contributed by atoms with E-state index in [1.54, 1.807) is 0 Å². The van der Waals surface area contributed by atoms with Gasteiger partial charge in [0.05, 0.1) is 0 Å². The zero-order valence-electron chi connectivity index (χ0n) is 11.4. The van der Waals surface area contributed by atoms with E-state index >= 15 is 0 Å². The summed E-state index contributed by atoms with van der Waals surface area (Å²) in [5.41, 5.74) is 0. The van der Waals surface area contributed by atoms with Crippen LogP contribution in [-0.2, 0) is 0 Å². The second kappa shape index (κ2) is 6.95. The van der Waals surface area contributed by atoms with E-state index in [1.807, 2.05) is 0 Å². The first-order valence-corrected chi connectivity index (χ1v) is 7.21. The highest BCUT2D eigenvalue weighted by Gasteiger charge is 2.20. The van der Waals surface area contributed by atoms with Crippen LogP contribution in [0.4, 0.5) is 4.79 Å². The number of likely N-dealkylation sites (tertiary alicyclic amines) is 1. The van der Waals surface area contributed by atoms with Gasteiger partial charge < -0.3 is 20.9 Å². The molecule has 5 nitrogen and oxygen atoms in total. The van der Waals surface area contributed by atoms with Crippen molar-refractivity contribution in [2.75, 3.05) is 33.2 Å². The molecule has 0 aromatic carbocycles. The molecule has 0 spiro atoms. The highest BCUT2D eigenvalue weighted by Crippen LogP contribution is 2.13. The maximum atomic E-state index is 11.8. The Balaban J connectivity index is 1.64.